The van der Waals surface area contributed by atoms with Crippen molar-refractivity contribution in [2.45, 2.75) is 25.2 Å². The molecule has 14 heavy (non-hydrogen) atoms. The van der Waals surface area contributed by atoms with Gasteiger partial charge in [-0.05, 0) is 25.8 Å². The maximum atomic E-state index is 11.5. The molecule has 1 aromatic heterocycles. The molecular formula is C10H14N2O2. The van der Waals surface area contributed by atoms with Crippen LogP contribution < -0.4 is 0 Å². The summed E-state index contributed by atoms with van der Waals surface area (Å²) in [5.41, 5.74) is 1.49. The summed E-state index contributed by atoms with van der Waals surface area (Å²) in [5, 5.41) is 4.33. The van der Waals surface area contributed by atoms with Crippen molar-refractivity contribution < 1.29 is 9.53 Å². The normalized spacial score (nSPS) is 17.9. The summed E-state index contributed by atoms with van der Waals surface area (Å²) in [7, 11) is 3.31. The summed E-state index contributed by atoms with van der Waals surface area (Å²) in [6.07, 6.45) is 1.71. The number of carbonyl (C=O) groups excluding carboxylic acids is 1. The Morgan fingerprint density at radius 2 is 2.29 bits per heavy atom. The van der Waals surface area contributed by atoms with E-state index in [2.05, 4.69) is 5.10 Å². The van der Waals surface area contributed by atoms with Crippen molar-refractivity contribution in [2.75, 3.05) is 7.11 Å². The number of methoxy groups -OCH3 is 1. The van der Waals surface area contributed by atoms with Crippen LogP contribution in [-0.4, -0.2) is 22.9 Å². The number of hydrogen-bond acceptors (Lipinski definition) is 3. The molecule has 1 aliphatic carbocycles. The largest absolute Gasteiger partial charge is 0.468 e. The van der Waals surface area contributed by atoms with Gasteiger partial charge in [0.15, 0.2) is 0 Å². The second kappa shape index (κ2) is 2.83. The first kappa shape index (κ1) is 9.24. The minimum absolute atomic E-state index is 0.157. The van der Waals surface area contributed by atoms with Gasteiger partial charge in [-0.2, -0.15) is 5.10 Å². The summed E-state index contributed by atoms with van der Waals surface area (Å²) >= 11 is 0. The molecule has 1 heterocycles. The molecule has 0 aromatic carbocycles. The van der Waals surface area contributed by atoms with Gasteiger partial charge in [0.05, 0.1) is 12.8 Å². The van der Waals surface area contributed by atoms with Crippen molar-refractivity contribution in [3.63, 3.8) is 0 Å². The molecule has 76 valence electrons. The number of aromatic nitrogens is 2. The van der Waals surface area contributed by atoms with E-state index in [0.29, 0.717) is 0 Å². The molecule has 1 saturated carbocycles. The van der Waals surface area contributed by atoms with E-state index < -0.39 is 5.41 Å². The maximum Gasteiger partial charge on any atom is 0.317 e. The highest BCUT2D eigenvalue weighted by Gasteiger charge is 2.54. The van der Waals surface area contributed by atoms with Gasteiger partial charge in [0.25, 0.3) is 0 Å². The van der Waals surface area contributed by atoms with E-state index >= 15 is 0 Å². The van der Waals surface area contributed by atoms with Crippen molar-refractivity contribution in [2.24, 2.45) is 7.05 Å². The second-order valence-corrected chi connectivity index (χ2v) is 3.87. The monoisotopic (exact) mass is 194 g/mol. The van der Waals surface area contributed by atoms with E-state index in [9.17, 15) is 4.79 Å². The smallest absolute Gasteiger partial charge is 0.317 e. The third-order valence-electron chi connectivity index (χ3n) is 2.93. The zero-order chi connectivity index (χ0) is 10.3. The summed E-state index contributed by atoms with van der Waals surface area (Å²) in [6.45, 7) is 1.98. The predicted molar refractivity (Wildman–Crippen MR) is 50.9 cm³/mol. The van der Waals surface area contributed by atoms with E-state index in [-0.39, 0.29) is 5.97 Å². The van der Waals surface area contributed by atoms with Crippen molar-refractivity contribution >= 4 is 5.97 Å². The summed E-state index contributed by atoms with van der Waals surface area (Å²) < 4.78 is 6.58. The van der Waals surface area contributed by atoms with Gasteiger partial charge in [0.1, 0.15) is 5.41 Å². The van der Waals surface area contributed by atoms with Crippen LogP contribution in [0.4, 0.5) is 0 Å². The zero-order valence-corrected chi connectivity index (χ0v) is 8.70. The van der Waals surface area contributed by atoms with Crippen LogP contribution in [0.3, 0.4) is 0 Å². The van der Waals surface area contributed by atoms with Gasteiger partial charge in [0.2, 0.25) is 0 Å². The molecule has 1 aliphatic rings. The van der Waals surface area contributed by atoms with E-state index in [0.717, 1.165) is 24.2 Å². The van der Waals surface area contributed by atoms with Crippen LogP contribution in [0.2, 0.25) is 0 Å². The molecule has 0 spiro atoms. The fourth-order valence-corrected chi connectivity index (χ4v) is 1.68. The molecular weight excluding hydrogens is 180 g/mol. The molecule has 0 saturated heterocycles. The van der Waals surface area contributed by atoms with Gasteiger partial charge >= 0.3 is 5.97 Å². The lowest BCUT2D eigenvalue weighted by atomic mass is 10.0. The number of hydrogen-bond donors (Lipinski definition) is 0. The molecule has 4 heteroatoms. The maximum absolute atomic E-state index is 11.5. The Labute approximate surface area is 82.9 Å². The summed E-state index contributed by atoms with van der Waals surface area (Å²) in [5.74, 6) is -0.157. The number of rotatable bonds is 2. The molecule has 1 fully saturated rings. The van der Waals surface area contributed by atoms with E-state index in [1.807, 2.05) is 20.0 Å². The number of carbonyl (C=O) groups is 1. The Kier molecular flexibility index (Phi) is 1.87. The van der Waals surface area contributed by atoms with Crippen LogP contribution in [-0.2, 0) is 22.0 Å². The standard InChI is InChI=1S/C10H14N2O2/c1-7-6-8(11-12(7)2)10(4-5-10)9(13)14-3/h6H,4-5H2,1-3H3. The quantitative estimate of drug-likeness (QED) is 0.658. The van der Waals surface area contributed by atoms with Gasteiger partial charge < -0.3 is 4.74 Å². The Hall–Kier alpha value is -1.32. The molecule has 2 rings (SSSR count). The molecule has 1 aromatic rings. The van der Waals surface area contributed by atoms with Crippen LogP contribution >= 0.6 is 0 Å². The predicted octanol–water partition coefficient (Wildman–Crippen LogP) is 0.933. The highest BCUT2D eigenvalue weighted by Crippen LogP contribution is 2.48. The highest BCUT2D eigenvalue weighted by atomic mass is 16.5. The number of aryl methyl sites for hydroxylation is 2. The molecule has 0 atom stereocenters. The molecule has 0 N–H and O–H groups in total. The fourth-order valence-electron chi connectivity index (χ4n) is 1.68. The first-order chi connectivity index (χ1) is 6.60. The SMILES string of the molecule is COC(=O)C1(c2cc(C)n(C)n2)CC1. The lowest BCUT2D eigenvalue weighted by Gasteiger charge is -2.08. The van der Waals surface area contributed by atoms with Crippen molar-refractivity contribution in [1.82, 2.24) is 9.78 Å². The van der Waals surface area contributed by atoms with Crippen molar-refractivity contribution in [1.29, 1.82) is 0 Å². The summed E-state index contributed by atoms with van der Waals surface area (Å²) in [4.78, 5) is 11.5. The number of nitrogens with zero attached hydrogens (tertiary/aromatic N) is 2. The molecule has 0 amide bonds. The summed E-state index contributed by atoms with van der Waals surface area (Å²) in [6, 6.07) is 1.96. The van der Waals surface area contributed by atoms with Crippen LogP contribution in [0.25, 0.3) is 0 Å². The van der Waals surface area contributed by atoms with Gasteiger partial charge in [-0.15, -0.1) is 0 Å². The van der Waals surface area contributed by atoms with E-state index in [1.54, 1.807) is 4.68 Å². The average Bonchev–Trinajstić information content (AvgIpc) is 2.90. The minimum atomic E-state index is -0.430. The van der Waals surface area contributed by atoms with Gasteiger partial charge in [0, 0.05) is 12.7 Å². The Morgan fingerprint density at radius 1 is 1.64 bits per heavy atom. The minimum Gasteiger partial charge on any atom is -0.468 e. The number of esters is 1. The molecule has 0 bridgehead atoms. The molecule has 0 unspecified atom stereocenters. The van der Waals surface area contributed by atoms with Gasteiger partial charge in [-0.1, -0.05) is 0 Å². The van der Waals surface area contributed by atoms with Crippen LogP contribution in [0, 0.1) is 6.92 Å². The first-order valence-electron chi connectivity index (χ1n) is 4.70. The Morgan fingerprint density at radius 3 is 2.64 bits per heavy atom. The van der Waals surface area contributed by atoms with Crippen LogP contribution in [0.15, 0.2) is 6.07 Å². The average molecular weight is 194 g/mol. The lowest BCUT2D eigenvalue weighted by molar-refractivity contribution is -0.143. The molecule has 0 aliphatic heterocycles. The fraction of sp³-hybridized carbons (Fsp3) is 0.600. The molecule has 0 radical (unpaired) electrons. The number of ether oxygens (including phenoxy) is 1. The second-order valence-electron chi connectivity index (χ2n) is 3.87. The van der Waals surface area contributed by atoms with Crippen LogP contribution in [0.5, 0.6) is 0 Å². The topological polar surface area (TPSA) is 44.1 Å². The Bertz CT molecular complexity index is 358. The molecule has 4 nitrogen and oxygen atoms in total. The highest BCUT2D eigenvalue weighted by molar-refractivity contribution is 5.85. The van der Waals surface area contributed by atoms with E-state index in [1.165, 1.54) is 7.11 Å². The third-order valence-corrected chi connectivity index (χ3v) is 2.93. The van der Waals surface area contributed by atoms with Gasteiger partial charge in [-0.25, -0.2) is 0 Å². The van der Waals surface area contributed by atoms with Gasteiger partial charge in [-0.3, -0.25) is 9.48 Å². The van der Waals surface area contributed by atoms with Crippen molar-refractivity contribution in [3.8, 4) is 0 Å². The zero-order valence-electron chi connectivity index (χ0n) is 8.70. The van der Waals surface area contributed by atoms with Crippen LogP contribution in [0.1, 0.15) is 24.2 Å². The first-order valence-corrected chi connectivity index (χ1v) is 4.70. The lowest BCUT2D eigenvalue weighted by Crippen LogP contribution is -2.22. The Balaban J connectivity index is 2.35. The van der Waals surface area contributed by atoms with E-state index in [4.69, 9.17) is 4.74 Å². The third kappa shape index (κ3) is 1.14. The van der Waals surface area contributed by atoms with Crippen molar-refractivity contribution in [3.05, 3.63) is 17.5 Å².